The first-order chi connectivity index (χ1) is 12.1. The van der Waals surface area contributed by atoms with Crippen LogP contribution in [-0.2, 0) is 19.0 Å². The van der Waals surface area contributed by atoms with Crippen molar-refractivity contribution in [2.75, 3.05) is 14.2 Å². The van der Waals surface area contributed by atoms with E-state index in [9.17, 15) is 14.4 Å². The number of hydrogen-bond acceptors (Lipinski definition) is 7. The molecule has 0 fully saturated rings. The Kier molecular flexibility index (Phi) is 7.63. The first-order valence-electron chi connectivity index (χ1n) is 7.76. The molecule has 0 saturated carbocycles. The summed E-state index contributed by atoms with van der Waals surface area (Å²) < 4.78 is 14.7. The van der Waals surface area contributed by atoms with Crippen LogP contribution in [0.25, 0.3) is 0 Å². The summed E-state index contributed by atoms with van der Waals surface area (Å²) in [5, 5.41) is 6.90. The highest BCUT2D eigenvalue weighted by Crippen LogP contribution is 2.28. The van der Waals surface area contributed by atoms with Crippen molar-refractivity contribution in [1.82, 2.24) is 10.6 Å². The van der Waals surface area contributed by atoms with Gasteiger partial charge in [0, 0.05) is 10.6 Å². The number of allylic oxidation sites excluding steroid dienone is 1. The highest BCUT2D eigenvalue weighted by Gasteiger charge is 2.30. The van der Waals surface area contributed by atoms with Gasteiger partial charge < -0.3 is 19.5 Å². The smallest absolute Gasteiger partial charge is 0.411 e. The Hall–Kier alpha value is -2.55. The SMILES string of the molecule is COC(=O)N[C@H](/C(C(=O)OC)=C(\C)NC(=O)OC(C)(C)C)c1cccs1. The predicted molar refractivity (Wildman–Crippen MR) is 96.7 cm³/mol. The second-order valence-electron chi connectivity index (χ2n) is 6.24. The van der Waals surface area contributed by atoms with Crippen molar-refractivity contribution in [3.8, 4) is 0 Å². The Morgan fingerprint density at radius 3 is 2.23 bits per heavy atom. The molecule has 0 aromatic carbocycles. The van der Waals surface area contributed by atoms with Crippen molar-refractivity contribution in [2.24, 2.45) is 0 Å². The number of nitrogens with one attached hydrogen (secondary N) is 2. The summed E-state index contributed by atoms with van der Waals surface area (Å²) in [5.74, 6) is -0.701. The Morgan fingerprint density at radius 1 is 1.12 bits per heavy atom. The molecule has 26 heavy (non-hydrogen) atoms. The zero-order valence-corrected chi connectivity index (χ0v) is 16.5. The van der Waals surface area contributed by atoms with Gasteiger partial charge in [0.15, 0.2) is 0 Å². The van der Waals surface area contributed by atoms with Gasteiger partial charge in [-0.1, -0.05) is 6.07 Å². The van der Waals surface area contributed by atoms with Gasteiger partial charge in [0.05, 0.1) is 19.8 Å². The van der Waals surface area contributed by atoms with Crippen LogP contribution in [0.1, 0.15) is 38.6 Å². The Labute approximate surface area is 156 Å². The lowest BCUT2D eigenvalue weighted by atomic mass is 10.0. The molecule has 144 valence electrons. The molecule has 1 aromatic heterocycles. The van der Waals surface area contributed by atoms with Gasteiger partial charge in [-0.05, 0) is 39.1 Å². The van der Waals surface area contributed by atoms with Crippen molar-refractivity contribution in [3.05, 3.63) is 33.7 Å². The zero-order valence-electron chi connectivity index (χ0n) is 15.7. The molecule has 1 atom stereocenters. The number of ether oxygens (including phenoxy) is 3. The number of alkyl carbamates (subject to hydrolysis) is 2. The van der Waals surface area contributed by atoms with E-state index >= 15 is 0 Å². The fourth-order valence-corrected chi connectivity index (χ4v) is 2.82. The number of methoxy groups -OCH3 is 2. The van der Waals surface area contributed by atoms with Crippen LogP contribution >= 0.6 is 11.3 Å². The van der Waals surface area contributed by atoms with Gasteiger partial charge in [-0.3, -0.25) is 5.32 Å². The molecule has 0 radical (unpaired) electrons. The number of amides is 2. The van der Waals surface area contributed by atoms with Crippen molar-refractivity contribution in [3.63, 3.8) is 0 Å². The summed E-state index contributed by atoms with van der Waals surface area (Å²) in [5.41, 5.74) is -0.445. The molecule has 0 aliphatic carbocycles. The van der Waals surface area contributed by atoms with Crippen LogP contribution in [0.3, 0.4) is 0 Å². The summed E-state index contributed by atoms with van der Waals surface area (Å²) in [6.45, 7) is 6.69. The average Bonchev–Trinajstić information content (AvgIpc) is 3.05. The second kappa shape index (κ2) is 9.23. The van der Waals surface area contributed by atoms with Crippen LogP contribution in [0.2, 0.25) is 0 Å². The number of carbonyl (C=O) groups is 3. The van der Waals surface area contributed by atoms with E-state index in [4.69, 9.17) is 9.47 Å². The molecular formula is C17H24N2O6S. The number of rotatable bonds is 5. The summed E-state index contributed by atoms with van der Waals surface area (Å²) in [7, 11) is 2.43. The van der Waals surface area contributed by atoms with E-state index in [0.29, 0.717) is 4.88 Å². The third kappa shape index (κ3) is 6.40. The monoisotopic (exact) mass is 384 g/mol. The normalized spacial score (nSPS) is 13.2. The minimum absolute atomic E-state index is 0.0613. The van der Waals surface area contributed by atoms with Gasteiger partial charge in [-0.15, -0.1) is 11.3 Å². The molecular weight excluding hydrogens is 360 g/mol. The largest absolute Gasteiger partial charge is 0.466 e. The maximum atomic E-state index is 12.4. The Morgan fingerprint density at radius 2 is 1.77 bits per heavy atom. The number of thiophene rings is 1. The van der Waals surface area contributed by atoms with Crippen LogP contribution in [0.5, 0.6) is 0 Å². The van der Waals surface area contributed by atoms with Gasteiger partial charge >= 0.3 is 18.2 Å². The molecule has 1 rings (SSSR count). The molecule has 2 amide bonds. The van der Waals surface area contributed by atoms with E-state index in [-0.39, 0.29) is 11.3 Å². The van der Waals surface area contributed by atoms with Crippen molar-refractivity contribution in [1.29, 1.82) is 0 Å². The van der Waals surface area contributed by atoms with E-state index < -0.39 is 29.8 Å². The maximum absolute atomic E-state index is 12.4. The standard InChI is InChI=1S/C17H24N2O6S/c1-10(18-16(22)25-17(2,3)4)12(14(20)23-5)13(19-15(21)24-6)11-8-7-9-26-11/h7-9,13H,1-6H3,(H,18,22)(H,19,21)/b12-10-/t13-/m0/s1. The highest BCUT2D eigenvalue weighted by atomic mass is 32.1. The molecule has 0 spiro atoms. The second-order valence-corrected chi connectivity index (χ2v) is 7.22. The summed E-state index contributed by atoms with van der Waals surface area (Å²) in [6.07, 6.45) is -1.45. The lowest BCUT2D eigenvalue weighted by Crippen LogP contribution is -2.36. The first kappa shape index (κ1) is 21.5. The summed E-state index contributed by atoms with van der Waals surface area (Å²) >= 11 is 1.33. The molecule has 1 aromatic rings. The van der Waals surface area contributed by atoms with Crippen molar-refractivity contribution < 1.29 is 28.6 Å². The van der Waals surface area contributed by atoms with Gasteiger partial charge in [-0.2, -0.15) is 0 Å². The third-order valence-corrected chi connectivity index (χ3v) is 4.00. The van der Waals surface area contributed by atoms with E-state index in [1.165, 1.54) is 32.5 Å². The topological polar surface area (TPSA) is 103 Å². The van der Waals surface area contributed by atoms with Gasteiger partial charge in [-0.25, -0.2) is 14.4 Å². The third-order valence-electron chi connectivity index (χ3n) is 3.06. The molecule has 0 saturated heterocycles. The molecule has 0 unspecified atom stereocenters. The fraction of sp³-hybridized carbons (Fsp3) is 0.471. The molecule has 9 heteroatoms. The van der Waals surface area contributed by atoms with Gasteiger partial charge in [0.2, 0.25) is 0 Å². The first-order valence-corrected chi connectivity index (χ1v) is 8.64. The molecule has 1 heterocycles. The molecule has 2 N–H and O–H groups in total. The Bertz CT molecular complexity index is 676. The quantitative estimate of drug-likeness (QED) is 0.459. The molecule has 0 aliphatic rings. The van der Waals surface area contributed by atoms with E-state index in [1.54, 1.807) is 38.3 Å². The van der Waals surface area contributed by atoms with E-state index in [1.807, 2.05) is 0 Å². The van der Waals surface area contributed by atoms with E-state index in [0.717, 1.165) is 0 Å². The Balaban J connectivity index is 3.28. The van der Waals surface area contributed by atoms with Gasteiger partial charge in [0.1, 0.15) is 11.6 Å². The molecule has 8 nitrogen and oxygen atoms in total. The van der Waals surface area contributed by atoms with Crippen LogP contribution in [0, 0.1) is 0 Å². The van der Waals surface area contributed by atoms with E-state index in [2.05, 4.69) is 15.4 Å². The van der Waals surface area contributed by atoms with Crippen molar-refractivity contribution in [2.45, 2.75) is 39.3 Å². The summed E-state index contributed by atoms with van der Waals surface area (Å²) in [6, 6.07) is 2.66. The van der Waals surface area contributed by atoms with Crippen LogP contribution in [0.15, 0.2) is 28.8 Å². The number of hydrogen-bond donors (Lipinski definition) is 2. The minimum atomic E-state index is -0.857. The number of carbonyl (C=O) groups excluding carboxylic acids is 3. The van der Waals surface area contributed by atoms with Crippen LogP contribution in [-0.4, -0.2) is 38.0 Å². The predicted octanol–water partition coefficient (Wildman–Crippen LogP) is 3.12. The molecule has 0 bridgehead atoms. The lowest BCUT2D eigenvalue weighted by Gasteiger charge is -2.23. The molecule has 0 aliphatic heterocycles. The zero-order chi connectivity index (χ0) is 19.9. The van der Waals surface area contributed by atoms with Crippen molar-refractivity contribution >= 4 is 29.5 Å². The van der Waals surface area contributed by atoms with Crippen LogP contribution in [0.4, 0.5) is 9.59 Å². The summed E-state index contributed by atoms with van der Waals surface area (Å²) in [4.78, 5) is 36.8. The minimum Gasteiger partial charge on any atom is -0.466 e. The lowest BCUT2D eigenvalue weighted by molar-refractivity contribution is -0.136. The maximum Gasteiger partial charge on any atom is 0.411 e. The van der Waals surface area contributed by atoms with Crippen LogP contribution < -0.4 is 10.6 Å². The highest BCUT2D eigenvalue weighted by molar-refractivity contribution is 7.10. The van der Waals surface area contributed by atoms with Gasteiger partial charge in [0.25, 0.3) is 0 Å². The average molecular weight is 384 g/mol. The number of esters is 1. The fourth-order valence-electron chi connectivity index (χ4n) is 2.04.